The molecule has 4 unspecified atom stereocenters. The molecule has 1 aromatic rings. The Hall–Kier alpha value is -1.48. The van der Waals surface area contributed by atoms with Crippen LogP contribution in [0.1, 0.15) is 97.6 Å². The number of benzene rings is 1. The molecule has 0 amide bonds. The Labute approximate surface area is 177 Å². The molecule has 0 aliphatic heterocycles. The molecule has 4 atom stereocenters. The van der Waals surface area contributed by atoms with Crippen LogP contribution in [0.15, 0.2) is 17.7 Å². The van der Waals surface area contributed by atoms with Crippen LogP contribution < -0.4 is 0 Å². The van der Waals surface area contributed by atoms with E-state index in [4.69, 9.17) is 0 Å². The van der Waals surface area contributed by atoms with Crippen molar-refractivity contribution in [3.05, 3.63) is 28.8 Å². The summed E-state index contributed by atoms with van der Waals surface area (Å²) in [5, 5.41) is 31.8. The number of allylic oxidation sites excluding steroid dienone is 2. The normalized spacial score (nSPS) is 21.2. The zero-order valence-corrected chi connectivity index (χ0v) is 19.5. The molecular weight excluding hydrogens is 360 g/mol. The predicted molar refractivity (Wildman–Crippen MR) is 122 cm³/mol. The van der Waals surface area contributed by atoms with Crippen molar-refractivity contribution < 1.29 is 15.3 Å². The number of hydrogen-bond acceptors (Lipinski definition) is 3. The van der Waals surface area contributed by atoms with Crippen molar-refractivity contribution in [3.63, 3.8) is 0 Å². The van der Waals surface area contributed by atoms with Crippen molar-refractivity contribution in [2.75, 3.05) is 6.61 Å². The summed E-state index contributed by atoms with van der Waals surface area (Å²) >= 11 is 0. The van der Waals surface area contributed by atoms with E-state index in [0.717, 1.165) is 43.2 Å². The molecule has 2 rings (SSSR count). The molecular formula is C26H42O3. The third-order valence-electron chi connectivity index (χ3n) is 7.63. The van der Waals surface area contributed by atoms with Crippen molar-refractivity contribution in [2.45, 2.75) is 86.5 Å². The zero-order valence-electron chi connectivity index (χ0n) is 19.5. The van der Waals surface area contributed by atoms with Crippen LogP contribution in [0.2, 0.25) is 0 Å². The molecule has 1 aliphatic rings. The number of aromatic hydroxyl groups is 2. The van der Waals surface area contributed by atoms with Gasteiger partial charge in [0.05, 0.1) is 5.56 Å². The fourth-order valence-corrected chi connectivity index (χ4v) is 4.84. The highest BCUT2D eigenvalue weighted by Crippen LogP contribution is 2.51. The Bertz CT molecular complexity index is 708. The highest BCUT2D eigenvalue weighted by Gasteiger charge is 2.36. The molecule has 0 bridgehead atoms. The summed E-state index contributed by atoms with van der Waals surface area (Å²) in [6.45, 7) is 15.4. The Kier molecular flexibility index (Phi) is 7.84. The van der Waals surface area contributed by atoms with Gasteiger partial charge in [0.15, 0.2) is 0 Å². The molecule has 164 valence electrons. The number of phenolic OH excluding ortho intramolecular Hbond substituents is 2. The summed E-state index contributed by atoms with van der Waals surface area (Å²) in [7, 11) is 0. The first kappa shape index (κ1) is 23.8. The average Bonchev–Trinajstić information content (AvgIpc) is 2.66. The standard InChI is InChI=1S/C26H42O3/c1-8-9-17(3)19(5)20-13-23(28)25(24(29)14-20)21-12-16(2)10-11-22(21)26(6,7)18(4)15-27/h13-14,16-19,27-29H,8-12,15H2,1-7H3. The second-order valence-electron chi connectivity index (χ2n) is 10.1. The fraction of sp³-hybridized carbons (Fsp3) is 0.692. The molecule has 3 heteroatoms. The van der Waals surface area contributed by atoms with Gasteiger partial charge in [-0.05, 0) is 71.6 Å². The third kappa shape index (κ3) is 4.99. The molecule has 0 saturated carbocycles. The van der Waals surface area contributed by atoms with E-state index in [9.17, 15) is 15.3 Å². The minimum absolute atomic E-state index is 0.111. The van der Waals surface area contributed by atoms with Gasteiger partial charge < -0.3 is 15.3 Å². The van der Waals surface area contributed by atoms with Crippen LogP contribution in [-0.2, 0) is 0 Å². The zero-order chi connectivity index (χ0) is 21.9. The lowest BCUT2D eigenvalue weighted by atomic mass is 9.66. The monoisotopic (exact) mass is 402 g/mol. The quantitative estimate of drug-likeness (QED) is 0.445. The number of aliphatic hydroxyl groups is 1. The fourth-order valence-electron chi connectivity index (χ4n) is 4.84. The first-order valence-corrected chi connectivity index (χ1v) is 11.4. The van der Waals surface area contributed by atoms with Crippen molar-refractivity contribution in [3.8, 4) is 11.5 Å². The first-order chi connectivity index (χ1) is 13.5. The molecule has 0 heterocycles. The van der Waals surface area contributed by atoms with E-state index in [-0.39, 0.29) is 35.4 Å². The second kappa shape index (κ2) is 9.55. The van der Waals surface area contributed by atoms with Crippen molar-refractivity contribution in [1.82, 2.24) is 0 Å². The maximum Gasteiger partial charge on any atom is 0.127 e. The summed E-state index contributed by atoms with van der Waals surface area (Å²) in [4.78, 5) is 0. The van der Waals surface area contributed by atoms with Gasteiger partial charge in [-0.3, -0.25) is 0 Å². The van der Waals surface area contributed by atoms with E-state index in [1.165, 1.54) is 5.57 Å². The van der Waals surface area contributed by atoms with E-state index >= 15 is 0 Å². The molecule has 0 spiro atoms. The van der Waals surface area contributed by atoms with Crippen LogP contribution in [0.3, 0.4) is 0 Å². The summed E-state index contributed by atoms with van der Waals surface area (Å²) in [5.41, 5.74) is 3.75. The maximum atomic E-state index is 11.0. The van der Waals surface area contributed by atoms with Crippen LogP contribution in [0.4, 0.5) is 0 Å². The minimum atomic E-state index is -0.190. The van der Waals surface area contributed by atoms with Gasteiger partial charge in [0.2, 0.25) is 0 Å². The Morgan fingerprint density at radius 1 is 1.10 bits per heavy atom. The lowest BCUT2D eigenvalue weighted by Gasteiger charge is -2.39. The van der Waals surface area contributed by atoms with Crippen LogP contribution >= 0.6 is 0 Å². The van der Waals surface area contributed by atoms with Crippen molar-refractivity contribution in [2.24, 2.45) is 23.2 Å². The van der Waals surface area contributed by atoms with Gasteiger partial charge in [-0.25, -0.2) is 0 Å². The SMILES string of the molecule is CCCC(C)C(C)c1cc(O)c(C2=C(C(C)(C)C(C)CO)CCC(C)C2)c(O)c1. The second-order valence-corrected chi connectivity index (χ2v) is 10.1. The summed E-state index contributed by atoms with van der Waals surface area (Å²) in [6.07, 6.45) is 5.15. The highest BCUT2D eigenvalue weighted by atomic mass is 16.3. The van der Waals surface area contributed by atoms with Crippen LogP contribution in [0.25, 0.3) is 5.57 Å². The van der Waals surface area contributed by atoms with Gasteiger partial charge in [0, 0.05) is 6.61 Å². The van der Waals surface area contributed by atoms with Gasteiger partial charge in [0.1, 0.15) is 11.5 Å². The minimum Gasteiger partial charge on any atom is -0.507 e. The van der Waals surface area contributed by atoms with E-state index in [1.54, 1.807) is 0 Å². The molecule has 29 heavy (non-hydrogen) atoms. The lowest BCUT2D eigenvalue weighted by molar-refractivity contribution is 0.153. The van der Waals surface area contributed by atoms with E-state index < -0.39 is 0 Å². The molecule has 3 N–H and O–H groups in total. The van der Waals surface area contributed by atoms with Gasteiger partial charge in [-0.1, -0.05) is 66.9 Å². The van der Waals surface area contributed by atoms with Crippen LogP contribution in [0.5, 0.6) is 11.5 Å². The summed E-state index contributed by atoms with van der Waals surface area (Å²) in [5.74, 6) is 1.77. The number of rotatable bonds is 8. The Morgan fingerprint density at radius 2 is 1.69 bits per heavy atom. The van der Waals surface area contributed by atoms with Crippen molar-refractivity contribution >= 4 is 5.57 Å². The maximum absolute atomic E-state index is 11.0. The third-order valence-corrected chi connectivity index (χ3v) is 7.63. The Balaban J connectivity index is 2.57. The lowest BCUT2D eigenvalue weighted by Crippen LogP contribution is -2.29. The molecule has 0 aromatic heterocycles. The topological polar surface area (TPSA) is 60.7 Å². The summed E-state index contributed by atoms with van der Waals surface area (Å²) in [6, 6.07) is 3.72. The molecule has 0 fully saturated rings. The number of aliphatic hydroxyl groups excluding tert-OH is 1. The molecule has 0 radical (unpaired) electrons. The highest BCUT2D eigenvalue weighted by molar-refractivity contribution is 5.79. The number of hydrogen-bond donors (Lipinski definition) is 3. The first-order valence-electron chi connectivity index (χ1n) is 11.4. The van der Waals surface area contributed by atoms with E-state index in [1.807, 2.05) is 12.1 Å². The van der Waals surface area contributed by atoms with Crippen LogP contribution in [-0.4, -0.2) is 21.9 Å². The van der Waals surface area contributed by atoms with Gasteiger partial charge >= 0.3 is 0 Å². The van der Waals surface area contributed by atoms with E-state index in [2.05, 4.69) is 48.5 Å². The molecule has 0 saturated heterocycles. The van der Waals surface area contributed by atoms with Crippen molar-refractivity contribution in [1.29, 1.82) is 0 Å². The smallest absolute Gasteiger partial charge is 0.127 e. The van der Waals surface area contributed by atoms with E-state index in [0.29, 0.717) is 17.4 Å². The molecule has 1 aromatic carbocycles. The largest absolute Gasteiger partial charge is 0.507 e. The summed E-state index contributed by atoms with van der Waals surface area (Å²) < 4.78 is 0. The number of phenols is 2. The van der Waals surface area contributed by atoms with Gasteiger partial charge in [-0.2, -0.15) is 0 Å². The Morgan fingerprint density at radius 3 is 2.21 bits per heavy atom. The predicted octanol–water partition coefficient (Wildman–Crippen LogP) is 6.87. The van der Waals surface area contributed by atoms with Crippen LogP contribution in [0, 0.1) is 23.2 Å². The average molecular weight is 403 g/mol. The van der Waals surface area contributed by atoms with Gasteiger partial charge in [0.25, 0.3) is 0 Å². The molecule has 3 nitrogen and oxygen atoms in total. The molecule has 1 aliphatic carbocycles. The van der Waals surface area contributed by atoms with Gasteiger partial charge in [-0.15, -0.1) is 0 Å².